The van der Waals surface area contributed by atoms with Crippen molar-refractivity contribution in [1.29, 1.82) is 0 Å². The maximum Gasteiger partial charge on any atom is 0.276 e. The fourth-order valence-corrected chi connectivity index (χ4v) is 3.81. The number of pyridine rings is 1. The van der Waals surface area contributed by atoms with Crippen LogP contribution in [-0.4, -0.2) is 45.2 Å². The Bertz CT molecular complexity index is 1160. The molecule has 1 saturated heterocycles. The fraction of sp³-hybridized carbons (Fsp3) is 0.333. The van der Waals surface area contributed by atoms with Crippen molar-refractivity contribution in [3.63, 3.8) is 0 Å². The quantitative estimate of drug-likeness (QED) is 0.569. The van der Waals surface area contributed by atoms with Crippen LogP contribution in [0.3, 0.4) is 0 Å². The van der Waals surface area contributed by atoms with Crippen LogP contribution < -0.4 is 5.32 Å². The summed E-state index contributed by atoms with van der Waals surface area (Å²) in [6.45, 7) is 1.56. The van der Waals surface area contributed by atoms with Crippen molar-refractivity contribution in [3.05, 3.63) is 42.1 Å². The Kier molecular flexibility index (Phi) is 4.48. The van der Waals surface area contributed by atoms with Gasteiger partial charge in [-0.2, -0.15) is 10.1 Å². The molecule has 1 aromatic carbocycles. The Morgan fingerprint density at radius 3 is 2.76 bits per heavy atom. The molecule has 3 aromatic heterocycles. The molecule has 0 saturated carbocycles. The van der Waals surface area contributed by atoms with Gasteiger partial charge in [-0.15, -0.1) is 0 Å². The van der Waals surface area contributed by atoms with Gasteiger partial charge in [-0.3, -0.25) is 4.68 Å². The number of anilines is 1. The van der Waals surface area contributed by atoms with Crippen molar-refractivity contribution >= 4 is 16.7 Å². The molecule has 148 valence electrons. The molecule has 29 heavy (non-hydrogen) atoms. The first-order chi connectivity index (χ1) is 14.2. The maximum absolute atomic E-state index is 5.62. The molecule has 4 heterocycles. The van der Waals surface area contributed by atoms with Crippen LogP contribution >= 0.6 is 0 Å². The number of fused-ring (bicyclic) bond motifs is 1. The van der Waals surface area contributed by atoms with E-state index in [1.54, 1.807) is 0 Å². The zero-order chi connectivity index (χ0) is 19.8. The van der Waals surface area contributed by atoms with Gasteiger partial charge in [0.05, 0.1) is 11.2 Å². The van der Waals surface area contributed by atoms with Gasteiger partial charge in [0.15, 0.2) is 0 Å². The molecule has 0 amide bonds. The third kappa shape index (κ3) is 3.25. The Morgan fingerprint density at radius 2 is 1.93 bits per heavy atom. The number of para-hydroxylation sites is 1. The van der Waals surface area contributed by atoms with E-state index < -0.39 is 0 Å². The summed E-state index contributed by atoms with van der Waals surface area (Å²) in [6, 6.07) is 11.9. The van der Waals surface area contributed by atoms with Gasteiger partial charge in [-0.1, -0.05) is 23.4 Å². The van der Waals surface area contributed by atoms with Crippen LogP contribution in [0.25, 0.3) is 33.9 Å². The number of rotatable bonds is 4. The smallest absolute Gasteiger partial charge is 0.276 e. The molecule has 4 aromatic rings. The van der Waals surface area contributed by atoms with Gasteiger partial charge in [0.25, 0.3) is 5.89 Å². The van der Waals surface area contributed by atoms with Gasteiger partial charge < -0.3 is 14.6 Å². The van der Waals surface area contributed by atoms with E-state index in [0.717, 1.165) is 59.7 Å². The number of hydrogen-bond donors (Lipinski definition) is 1. The van der Waals surface area contributed by atoms with Crippen LogP contribution in [0.5, 0.6) is 0 Å². The molecular weight excluding hydrogens is 368 g/mol. The zero-order valence-corrected chi connectivity index (χ0v) is 16.4. The van der Waals surface area contributed by atoms with Crippen LogP contribution in [0, 0.1) is 0 Å². The number of nitrogens with one attached hydrogen (secondary N) is 1. The van der Waals surface area contributed by atoms with E-state index in [9.17, 15) is 0 Å². The predicted octanol–water partition coefficient (Wildman–Crippen LogP) is 3.62. The summed E-state index contributed by atoms with van der Waals surface area (Å²) in [5.74, 6) is 2.16. The summed E-state index contributed by atoms with van der Waals surface area (Å²) in [5.41, 5.74) is 3.62. The summed E-state index contributed by atoms with van der Waals surface area (Å²) in [7, 11) is 3.75. The summed E-state index contributed by atoms with van der Waals surface area (Å²) in [6.07, 6.45) is 1.97. The van der Waals surface area contributed by atoms with E-state index in [2.05, 4.69) is 31.6 Å². The van der Waals surface area contributed by atoms with Gasteiger partial charge in [0.1, 0.15) is 11.5 Å². The highest BCUT2D eigenvalue weighted by Gasteiger charge is 2.23. The average molecular weight is 390 g/mol. The fourth-order valence-electron chi connectivity index (χ4n) is 3.81. The first-order valence-electron chi connectivity index (χ1n) is 9.76. The lowest BCUT2D eigenvalue weighted by Crippen LogP contribution is -2.14. The minimum atomic E-state index is 0.411. The van der Waals surface area contributed by atoms with Crippen molar-refractivity contribution in [3.8, 4) is 23.0 Å². The molecule has 1 N–H and O–H groups in total. The van der Waals surface area contributed by atoms with Gasteiger partial charge in [-0.25, -0.2) is 4.98 Å². The first kappa shape index (κ1) is 17.8. The molecule has 5 rings (SSSR count). The number of hydrogen-bond acceptors (Lipinski definition) is 7. The molecule has 0 aliphatic carbocycles. The Labute approximate surface area is 167 Å². The zero-order valence-electron chi connectivity index (χ0n) is 16.4. The summed E-state index contributed by atoms with van der Waals surface area (Å²) in [5, 5.41) is 13.0. The van der Waals surface area contributed by atoms with Crippen molar-refractivity contribution in [2.75, 3.05) is 25.6 Å². The van der Waals surface area contributed by atoms with Crippen molar-refractivity contribution < 1.29 is 9.26 Å². The summed E-state index contributed by atoms with van der Waals surface area (Å²) in [4.78, 5) is 9.27. The number of aromatic nitrogens is 5. The SMILES string of the molecule is CNc1cc(-c2noc(-c3cc(C4CCOCC4)nn3C)n2)c2ccccc2n1. The molecule has 8 nitrogen and oxygen atoms in total. The Morgan fingerprint density at radius 1 is 1.10 bits per heavy atom. The molecule has 1 aliphatic rings. The maximum atomic E-state index is 5.62. The topological polar surface area (TPSA) is 90.9 Å². The second kappa shape index (κ2) is 7.29. The van der Waals surface area contributed by atoms with E-state index in [1.165, 1.54) is 0 Å². The lowest BCUT2D eigenvalue weighted by atomic mass is 9.96. The van der Waals surface area contributed by atoms with Crippen molar-refractivity contribution in [1.82, 2.24) is 24.9 Å². The van der Waals surface area contributed by atoms with Crippen LogP contribution in [0.1, 0.15) is 24.5 Å². The van der Waals surface area contributed by atoms with Gasteiger partial charge in [0.2, 0.25) is 5.82 Å². The minimum absolute atomic E-state index is 0.411. The minimum Gasteiger partial charge on any atom is -0.381 e. The Hall–Kier alpha value is -3.26. The monoisotopic (exact) mass is 390 g/mol. The molecule has 0 radical (unpaired) electrons. The van der Waals surface area contributed by atoms with E-state index in [4.69, 9.17) is 9.26 Å². The van der Waals surface area contributed by atoms with Crippen molar-refractivity contribution in [2.45, 2.75) is 18.8 Å². The van der Waals surface area contributed by atoms with Crippen molar-refractivity contribution in [2.24, 2.45) is 7.05 Å². The van der Waals surface area contributed by atoms with E-state index >= 15 is 0 Å². The number of nitrogens with zero attached hydrogens (tertiary/aromatic N) is 5. The van der Waals surface area contributed by atoms with E-state index in [1.807, 2.05) is 49.1 Å². The lowest BCUT2D eigenvalue weighted by Gasteiger charge is -2.19. The van der Waals surface area contributed by atoms with Gasteiger partial charge >= 0.3 is 0 Å². The van der Waals surface area contributed by atoms with Gasteiger partial charge in [-0.05, 0) is 31.0 Å². The van der Waals surface area contributed by atoms with E-state index in [-0.39, 0.29) is 0 Å². The highest BCUT2D eigenvalue weighted by molar-refractivity contribution is 5.94. The molecule has 0 spiro atoms. The largest absolute Gasteiger partial charge is 0.381 e. The predicted molar refractivity (Wildman–Crippen MR) is 110 cm³/mol. The summed E-state index contributed by atoms with van der Waals surface area (Å²) >= 11 is 0. The molecule has 0 unspecified atom stereocenters. The third-order valence-corrected chi connectivity index (χ3v) is 5.40. The molecular formula is C21H22N6O2. The molecule has 0 atom stereocenters. The number of benzene rings is 1. The molecule has 1 fully saturated rings. The standard InChI is InChI=1S/C21H22N6O2/c1-22-19-11-15(14-5-3-4-6-16(14)23-19)20-24-21(29-26-20)18-12-17(25-27(18)2)13-7-9-28-10-8-13/h3-6,11-13H,7-10H2,1-2H3,(H,22,23). The van der Waals surface area contributed by atoms with Gasteiger partial charge in [0, 0.05) is 44.2 Å². The van der Waals surface area contributed by atoms with Crippen LogP contribution in [0.4, 0.5) is 5.82 Å². The van der Waals surface area contributed by atoms with E-state index in [0.29, 0.717) is 17.6 Å². The Balaban J connectivity index is 1.54. The van der Waals surface area contributed by atoms with Crippen LogP contribution in [0.15, 0.2) is 40.9 Å². The van der Waals surface area contributed by atoms with Crippen LogP contribution in [-0.2, 0) is 11.8 Å². The normalized spacial score (nSPS) is 15.1. The average Bonchev–Trinajstić information content (AvgIpc) is 3.40. The van der Waals surface area contributed by atoms with Crippen LogP contribution in [0.2, 0.25) is 0 Å². The number of aryl methyl sites for hydroxylation is 1. The first-order valence-corrected chi connectivity index (χ1v) is 9.76. The highest BCUT2D eigenvalue weighted by atomic mass is 16.5. The second-order valence-electron chi connectivity index (χ2n) is 7.21. The lowest BCUT2D eigenvalue weighted by molar-refractivity contribution is 0.0844. The second-order valence-corrected chi connectivity index (χ2v) is 7.21. The number of ether oxygens (including phenoxy) is 1. The molecule has 0 bridgehead atoms. The third-order valence-electron chi connectivity index (χ3n) is 5.40. The molecule has 1 aliphatic heterocycles. The summed E-state index contributed by atoms with van der Waals surface area (Å²) < 4.78 is 12.9. The molecule has 8 heteroatoms. The highest BCUT2D eigenvalue weighted by Crippen LogP contribution is 2.32.